The number of fused-ring (bicyclic) bond motifs is 6. The van der Waals surface area contributed by atoms with Crippen LogP contribution in [0.2, 0.25) is 0 Å². The predicted octanol–water partition coefficient (Wildman–Crippen LogP) is 10.8. The molecule has 1 N–H and O–H groups in total. The molecule has 1 heterocycles. The molecule has 9 rings (SSSR count). The third-order valence-corrected chi connectivity index (χ3v) is 9.39. The highest BCUT2D eigenvalue weighted by molar-refractivity contribution is 6.13. The van der Waals surface area contributed by atoms with Gasteiger partial charge in [-0.05, 0) is 85.6 Å². The summed E-state index contributed by atoms with van der Waals surface area (Å²) in [5.74, 6) is 0.518. The first-order valence-electron chi connectivity index (χ1n) is 15.1. The second-order valence-corrected chi connectivity index (χ2v) is 11.8. The monoisotopic (exact) mass is 547 g/mol. The fourth-order valence-corrected chi connectivity index (χ4v) is 7.41. The van der Waals surface area contributed by atoms with Crippen molar-refractivity contribution in [1.29, 1.82) is 0 Å². The van der Waals surface area contributed by atoms with E-state index >= 15 is 0 Å². The first-order chi connectivity index (χ1) is 21.3. The number of hydrogen-bond donors (Lipinski definition) is 1. The normalized spacial score (nSPS) is 17.5. The molecule has 202 valence electrons. The van der Waals surface area contributed by atoms with Gasteiger partial charge in [0.1, 0.15) is 0 Å². The van der Waals surface area contributed by atoms with Crippen LogP contribution in [0, 0.1) is 5.92 Å². The molecule has 0 spiro atoms. The van der Waals surface area contributed by atoms with Crippen LogP contribution < -0.4 is 0 Å². The lowest BCUT2D eigenvalue weighted by Crippen LogP contribution is -2.23. The molecule has 43 heavy (non-hydrogen) atoms. The first-order valence-corrected chi connectivity index (χ1v) is 15.1. The SMILES string of the molecule is C1=CC2=C(c3ccc4[nH]c5cc6ccccc6cc5c4c3)c3cc(-c4ccccc4)ccc3C(c3ccccc3)C2C=C1. The zero-order valence-electron chi connectivity index (χ0n) is 23.7. The van der Waals surface area contributed by atoms with Crippen molar-refractivity contribution < 1.29 is 0 Å². The maximum atomic E-state index is 3.69. The van der Waals surface area contributed by atoms with Crippen molar-refractivity contribution in [2.75, 3.05) is 0 Å². The van der Waals surface area contributed by atoms with Crippen LogP contribution in [0.15, 0.2) is 163 Å². The summed E-state index contributed by atoms with van der Waals surface area (Å²) >= 11 is 0. The molecule has 0 radical (unpaired) electrons. The molecular formula is C42H29N. The van der Waals surface area contributed by atoms with Crippen molar-refractivity contribution >= 4 is 38.2 Å². The second-order valence-electron chi connectivity index (χ2n) is 11.8. The zero-order chi connectivity index (χ0) is 28.3. The van der Waals surface area contributed by atoms with Crippen LogP contribution in [0.5, 0.6) is 0 Å². The lowest BCUT2D eigenvalue weighted by Gasteiger charge is -2.37. The van der Waals surface area contributed by atoms with Gasteiger partial charge in [-0.25, -0.2) is 0 Å². The molecule has 0 aliphatic heterocycles. The molecule has 0 bridgehead atoms. The van der Waals surface area contributed by atoms with Crippen molar-refractivity contribution in [3.05, 3.63) is 186 Å². The molecule has 1 aromatic heterocycles. The number of nitrogens with one attached hydrogen (secondary N) is 1. The highest BCUT2D eigenvalue weighted by atomic mass is 14.7. The van der Waals surface area contributed by atoms with Crippen molar-refractivity contribution in [2.24, 2.45) is 5.92 Å². The van der Waals surface area contributed by atoms with Gasteiger partial charge in [-0.2, -0.15) is 0 Å². The smallest absolute Gasteiger partial charge is 0.0471 e. The van der Waals surface area contributed by atoms with Crippen molar-refractivity contribution in [1.82, 2.24) is 4.98 Å². The van der Waals surface area contributed by atoms with E-state index in [4.69, 9.17) is 0 Å². The number of aromatic nitrogens is 1. The van der Waals surface area contributed by atoms with Gasteiger partial charge in [0, 0.05) is 33.6 Å². The Labute approximate surface area is 251 Å². The highest BCUT2D eigenvalue weighted by Crippen LogP contribution is 2.51. The summed E-state index contributed by atoms with van der Waals surface area (Å²) in [4.78, 5) is 3.69. The van der Waals surface area contributed by atoms with Crippen LogP contribution in [-0.2, 0) is 0 Å². The Morgan fingerprint density at radius 1 is 0.512 bits per heavy atom. The average molecular weight is 548 g/mol. The number of aromatic amines is 1. The fourth-order valence-electron chi connectivity index (χ4n) is 7.41. The Hall–Kier alpha value is -5.40. The molecule has 2 atom stereocenters. The maximum absolute atomic E-state index is 3.69. The van der Waals surface area contributed by atoms with E-state index in [0.717, 1.165) is 0 Å². The minimum atomic E-state index is 0.254. The Balaban J connectivity index is 1.32. The molecule has 0 fully saturated rings. The minimum Gasteiger partial charge on any atom is -0.354 e. The van der Waals surface area contributed by atoms with Crippen LogP contribution in [0.4, 0.5) is 0 Å². The molecule has 2 aliphatic carbocycles. The van der Waals surface area contributed by atoms with Gasteiger partial charge >= 0.3 is 0 Å². The van der Waals surface area contributed by atoms with Gasteiger partial charge in [0.2, 0.25) is 0 Å². The van der Waals surface area contributed by atoms with Crippen molar-refractivity contribution in [3.63, 3.8) is 0 Å². The van der Waals surface area contributed by atoms with E-state index in [1.54, 1.807) is 0 Å². The molecule has 0 amide bonds. The first kappa shape index (κ1) is 24.2. The maximum Gasteiger partial charge on any atom is 0.0471 e. The van der Waals surface area contributed by atoms with E-state index < -0.39 is 0 Å². The zero-order valence-corrected chi connectivity index (χ0v) is 23.7. The molecule has 0 saturated heterocycles. The van der Waals surface area contributed by atoms with Gasteiger partial charge in [-0.1, -0.05) is 127 Å². The highest BCUT2D eigenvalue weighted by Gasteiger charge is 2.35. The molecule has 2 aliphatic rings. The fraction of sp³-hybridized carbons (Fsp3) is 0.0476. The number of allylic oxidation sites excluding steroid dienone is 5. The number of hydrogen-bond acceptors (Lipinski definition) is 0. The number of rotatable bonds is 3. The second kappa shape index (κ2) is 9.58. The van der Waals surface area contributed by atoms with Gasteiger partial charge in [-0.15, -0.1) is 0 Å². The van der Waals surface area contributed by atoms with Crippen LogP contribution in [0.1, 0.15) is 28.2 Å². The number of H-pyrrole nitrogens is 1. The summed E-state index contributed by atoms with van der Waals surface area (Å²) in [6.45, 7) is 0. The lowest BCUT2D eigenvalue weighted by molar-refractivity contribution is 0.649. The Bertz CT molecular complexity index is 2280. The standard InChI is InChI=1S/C42H29N/c1-3-11-27(12-4-1)31-19-21-35-38(24-31)42(34-18-10-9-17-33(34)41(35)28-13-5-2-6-14-28)32-20-22-39-36(25-32)37-23-29-15-7-8-16-30(29)26-40(37)43-39/h1-26,33,41,43H. The van der Waals surface area contributed by atoms with Crippen molar-refractivity contribution in [2.45, 2.75) is 5.92 Å². The van der Waals surface area contributed by atoms with Gasteiger partial charge in [0.05, 0.1) is 0 Å². The quantitative estimate of drug-likeness (QED) is 0.226. The molecule has 1 heteroatoms. The van der Waals surface area contributed by atoms with Gasteiger partial charge in [0.15, 0.2) is 0 Å². The van der Waals surface area contributed by atoms with Crippen molar-refractivity contribution in [3.8, 4) is 11.1 Å². The van der Waals surface area contributed by atoms with Crippen LogP contribution in [-0.4, -0.2) is 4.98 Å². The Morgan fingerprint density at radius 2 is 1.23 bits per heavy atom. The summed E-state index contributed by atoms with van der Waals surface area (Å²) in [5, 5.41) is 5.07. The molecule has 2 unspecified atom stereocenters. The third kappa shape index (κ3) is 3.86. The van der Waals surface area contributed by atoms with Gasteiger partial charge < -0.3 is 4.98 Å². The summed E-state index contributed by atoms with van der Waals surface area (Å²) < 4.78 is 0. The van der Waals surface area contributed by atoms with Crippen LogP contribution >= 0.6 is 0 Å². The Morgan fingerprint density at radius 3 is 2.07 bits per heavy atom. The third-order valence-electron chi connectivity index (χ3n) is 9.39. The molecule has 6 aromatic carbocycles. The van der Waals surface area contributed by atoms with E-state index in [-0.39, 0.29) is 11.8 Å². The van der Waals surface area contributed by atoms with E-state index in [9.17, 15) is 0 Å². The summed E-state index contributed by atoms with van der Waals surface area (Å²) in [6, 6.07) is 49.1. The topological polar surface area (TPSA) is 15.8 Å². The number of benzene rings is 6. The minimum absolute atomic E-state index is 0.254. The van der Waals surface area contributed by atoms with Gasteiger partial charge in [-0.3, -0.25) is 0 Å². The molecule has 7 aromatic rings. The van der Waals surface area contributed by atoms with E-state index in [2.05, 4.69) is 163 Å². The van der Waals surface area contributed by atoms with Crippen LogP contribution in [0.3, 0.4) is 0 Å². The lowest BCUT2D eigenvalue weighted by atomic mass is 9.66. The largest absolute Gasteiger partial charge is 0.354 e. The van der Waals surface area contributed by atoms with E-state index in [1.807, 2.05) is 0 Å². The molecular weight excluding hydrogens is 518 g/mol. The van der Waals surface area contributed by atoms with E-state index in [1.165, 1.54) is 77.1 Å². The summed E-state index contributed by atoms with van der Waals surface area (Å²) in [5.41, 5.74) is 12.9. The predicted molar refractivity (Wildman–Crippen MR) is 181 cm³/mol. The average Bonchev–Trinajstić information content (AvgIpc) is 3.43. The van der Waals surface area contributed by atoms with Gasteiger partial charge in [0.25, 0.3) is 0 Å². The summed E-state index contributed by atoms with van der Waals surface area (Å²) in [6.07, 6.45) is 9.17. The van der Waals surface area contributed by atoms with E-state index in [0.29, 0.717) is 0 Å². The summed E-state index contributed by atoms with van der Waals surface area (Å²) in [7, 11) is 0. The Kier molecular flexibility index (Phi) is 5.39. The molecule has 1 nitrogen and oxygen atoms in total. The molecule has 0 saturated carbocycles. The van der Waals surface area contributed by atoms with Crippen LogP contribution in [0.25, 0.3) is 49.3 Å².